The van der Waals surface area contributed by atoms with E-state index >= 15 is 0 Å². The Labute approximate surface area is 89.3 Å². The van der Waals surface area contributed by atoms with Gasteiger partial charge in [-0.25, -0.2) is 4.98 Å². The van der Waals surface area contributed by atoms with Crippen molar-refractivity contribution in [2.24, 2.45) is 7.05 Å². The summed E-state index contributed by atoms with van der Waals surface area (Å²) in [6, 6.07) is 1.72. The van der Waals surface area contributed by atoms with Crippen LogP contribution < -0.4 is 0 Å². The fraction of sp³-hybridized carbons (Fsp3) is 0.222. The van der Waals surface area contributed by atoms with Gasteiger partial charge < -0.3 is 14.1 Å². The second-order valence-electron chi connectivity index (χ2n) is 2.98. The smallest absolute Gasteiger partial charge is 0.169 e. The molecule has 0 bridgehead atoms. The maximum atomic E-state index is 9.91. The molecule has 0 fully saturated rings. The third kappa shape index (κ3) is 1.60. The Morgan fingerprint density at radius 1 is 1.64 bits per heavy atom. The van der Waals surface area contributed by atoms with Crippen LogP contribution in [0, 0.1) is 0 Å². The van der Waals surface area contributed by atoms with Crippen LogP contribution in [0.5, 0.6) is 0 Å². The molecule has 0 radical (unpaired) electrons. The number of rotatable bonds is 2. The van der Waals surface area contributed by atoms with Gasteiger partial charge in [0.15, 0.2) is 4.67 Å². The van der Waals surface area contributed by atoms with E-state index in [1.54, 1.807) is 23.0 Å². The zero-order chi connectivity index (χ0) is 10.1. The molecule has 4 nitrogen and oxygen atoms in total. The first-order valence-corrected chi connectivity index (χ1v) is 4.87. The van der Waals surface area contributed by atoms with Crippen LogP contribution >= 0.6 is 15.9 Å². The minimum atomic E-state index is -0.745. The second-order valence-corrected chi connectivity index (χ2v) is 3.76. The van der Waals surface area contributed by atoms with E-state index in [1.807, 2.05) is 7.05 Å². The summed E-state index contributed by atoms with van der Waals surface area (Å²) in [5.74, 6) is 0.596. The minimum absolute atomic E-state index is 0.596. The Balaban J connectivity index is 2.33. The van der Waals surface area contributed by atoms with Crippen molar-refractivity contribution in [3.8, 4) is 0 Å². The Morgan fingerprint density at radius 2 is 2.43 bits per heavy atom. The van der Waals surface area contributed by atoms with Gasteiger partial charge in [-0.15, -0.1) is 0 Å². The highest BCUT2D eigenvalue weighted by molar-refractivity contribution is 9.10. The molecule has 0 saturated heterocycles. The molecule has 0 aliphatic heterocycles. The van der Waals surface area contributed by atoms with E-state index in [1.165, 1.54) is 6.26 Å². The number of nitrogens with zero attached hydrogens (tertiary/aromatic N) is 2. The van der Waals surface area contributed by atoms with Crippen LogP contribution in [0.15, 0.2) is 33.8 Å². The molecule has 14 heavy (non-hydrogen) atoms. The summed E-state index contributed by atoms with van der Waals surface area (Å²) in [6.07, 6.45) is 4.19. The predicted molar refractivity (Wildman–Crippen MR) is 53.7 cm³/mol. The number of aromatic nitrogens is 2. The van der Waals surface area contributed by atoms with E-state index in [4.69, 9.17) is 4.42 Å². The van der Waals surface area contributed by atoms with Crippen LogP contribution in [0.3, 0.4) is 0 Å². The monoisotopic (exact) mass is 256 g/mol. The molecule has 0 saturated carbocycles. The predicted octanol–water partition coefficient (Wildman–Crippen LogP) is 1.86. The normalized spacial score (nSPS) is 13.1. The number of aliphatic hydroxyl groups excluding tert-OH is 1. The molecule has 1 atom stereocenters. The lowest BCUT2D eigenvalue weighted by Crippen LogP contribution is -2.05. The van der Waals surface area contributed by atoms with Crippen molar-refractivity contribution in [1.29, 1.82) is 0 Å². The highest BCUT2D eigenvalue weighted by atomic mass is 79.9. The van der Waals surface area contributed by atoms with E-state index in [-0.39, 0.29) is 0 Å². The summed E-state index contributed by atoms with van der Waals surface area (Å²) in [5, 5.41) is 9.91. The van der Waals surface area contributed by atoms with E-state index in [9.17, 15) is 5.11 Å². The quantitative estimate of drug-likeness (QED) is 0.893. The molecule has 2 rings (SSSR count). The van der Waals surface area contributed by atoms with Gasteiger partial charge in [-0.1, -0.05) is 0 Å². The van der Waals surface area contributed by atoms with Crippen LogP contribution in [-0.2, 0) is 7.05 Å². The van der Waals surface area contributed by atoms with Gasteiger partial charge in [0.05, 0.1) is 6.26 Å². The first-order valence-electron chi connectivity index (χ1n) is 4.07. The maximum Gasteiger partial charge on any atom is 0.169 e. The van der Waals surface area contributed by atoms with E-state index in [2.05, 4.69) is 20.9 Å². The van der Waals surface area contributed by atoms with Crippen molar-refractivity contribution in [1.82, 2.24) is 9.55 Å². The lowest BCUT2D eigenvalue weighted by atomic mass is 10.2. The molecule has 2 aromatic heterocycles. The summed E-state index contributed by atoms with van der Waals surface area (Å²) < 4.78 is 7.41. The molecule has 0 aliphatic carbocycles. The van der Waals surface area contributed by atoms with Crippen LogP contribution in [0.4, 0.5) is 0 Å². The molecule has 0 aliphatic rings. The first kappa shape index (κ1) is 9.48. The van der Waals surface area contributed by atoms with Gasteiger partial charge >= 0.3 is 0 Å². The molecule has 74 valence electrons. The summed E-state index contributed by atoms with van der Waals surface area (Å²) in [4.78, 5) is 4.06. The second kappa shape index (κ2) is 3.59. The third-order valence-electron chi connectivity index (χ3n) is 2.01. The summed E-state index contributed by atoms with van der Waals surface area (Å²) in [6.45, 7) is 0. The molecule has 2 aromatic rings. The molecular formula is C9H9BrN2O2. The molecule has 0 amide bonds. The molecule has 2 heterocycles. The molecular weight excluding hydrogens is 248 g/mol. The summed E-state index contributed by atoms with van der Waals surface area (Å²) >= 11 is 3.18. The summed E-state index contributed by atoms with van der Waals surface area (Å²) in [5.41, 5.74) is 0.686. The van der Waals surface area contributed by atoms with Gasteiger partial charge in [-0.2, -0.15) is 0 Å². The number of furan rings is 1. The number of aryl methyl sites for hydroxylation is 1. The van der Waals surface area contributed by atoms with Crippen LogP contribution in [0.1, 0.15) is 17.5 Å². The number of hydrogen-bond donors (Lipinski definition) is 1. The van der Waals surface area contributed by atoms with Crippen molar-refractivity contribution in [3.63, 3.8) is 0 Å². The molecule has 0 spiro atoms. The number of aliphatic hydroxyl groups is 1. The van der Waals surface area contributed by atoms with Crippen molar-refractivity contribution in [3.05, 3.63) is 40.8 Å². The number of imidazole rings is 1. The summed E-state index contributed by atoms with van der Waals surface area (Å²) in [7, 11) is 1.83. The highest BCUT2D eigenvalue weighted by Crippen LogP contribution is 2.24. The van der Waals surface area contributed by atoms with Gasteiger partial charge in [-0.3, -0.25) is 0 Å². The Morgan fingerprint density at radius 3 is 2.93 bits per heavy atom. The standard InChI is InChI=1S/C9H9BrN2O2/c1-12-3-2-11-9(12)8(13)6-4-7(10)14-5-6/h2-5,8,13H,1H3. The first-order chi connectivity index (χ1) is 6.68. The average molecular weight is 257 g/mol. The number of hydrogen-bond acceptors (Lipinski definition) is 3. The van der Waals surface area contributed by atoms with E-state index < -0.39 is 6.10 Å². The average Bonchev–Trinajstić information content (AvgIpc) is 2.73. The Bertz CT molecular complexity index is 435. The Kier molecular flexibility index (Phi) is 2.43. The maximum absolute atomic E-state index is 9.91. The van der Waals surface area contributed by atoms with Crippen LogP contribution in [-0.4, -0.2) is 14.7 Å². The SMILES string of the molecule is Cn1ccnc1C(O)c1coc(Br)c1. The number of halogens is 1. The zero-order valence-corrected chi connectivity index (χ0v) is 9.10. The largest absolute Gasteiger partial charge is 0.457 e. The topological polar surface area (TPSA) is 51.2 Å². The zero-order valence-electron chi connectivity index (χ0n) is 7.51. The van der Waals surface area contributed by atoms with Gasteiger partial charge in [0.25, 0.3) is 0 Å². The van der Waals surface area contributed by atoms with Gasteiger partial charge in [0, 0.05) is 25.0 Å². The Hall–Kier alpha value is -1.07. The molecule has 1 N–H and O–H groups in total. The van der Waals surface area contributed by atoms with Crippen molar-refractivity contribution < 1.29 is 9.52 Å². The van der Waals surface area contributed by atoms with Gasteiger partial charge in [0.2, 0.25) is 0 Å². The minimum Gasteiger partial charge on any atom is -0.457 e. The van der Waals surface area contributed by atoms with Gasteiger partial charge in [-0.05, 0) is 22.0 Å². The van der Waals surface area contributed by atoms with Crippen LogP contribution in [0.25, 0.3) is 0 Å². The van der Waals surface area contributed by atoms with E-state index in [0.717, 1.165) is 0 Å². The fourth-order valence-electron chi connectivity index (χ4n) is 1.26. The lowest BCUT2D eigenvalue weighted by Gasteiger charge is -2.07. The van der Waals surface area contributed by atoms with Crippen LogP contribution in [0.2, 0.25) is 0 Å². The van der Waals surface area contributed by atoms with Crippen molar-refractivity contribution >= 4 is 15.9 Å². The highest BCUT2D eigenvalue weighted by Gasteiger charge is 2.16. The van der Waals surface area contributed by atoms with Crippen molar-refractivity contribution in [2.75, 3.05) is 0 Å². The molecule has 0 aromatic carbocycles. The lowest BCUT2D eigenvalue weighted by molar-refractivity contribution is 0.205. The van der Waals surface area contributed by atoms with Gasteiger partial charge in [0.1, 0.15) is 11.9 Å². The fourth-order valence-corrected chi connectivity index (χ4v) is 1.61. The van der Waals surface area contributed by atoms with Crippen molar-refractivity contribution in [2.45, 2.75) is 6.10 Å². The molecule has 1 unspecified atom stereocenters. The molecule has 5 heteroatoms. The van der Waals surface area contributed by atoms with E-state index in [0.29, 0.717) is 16.1 Å². The third-order valence-corrected chi connectivity index (χ3v) is 2.42.